The standard InChI is InChI=1S/C22H28N4O3/c1-4-10-25-20(28)22(26(21(25)29)15-16(2)3)8-11-24(12-9-22)19(27)18-7-5-6-17(13-18)14-23/h5-7,13,16H,4,8-12,15H2,1-3H3. The van der Waals surface area contributed by atoms with Crippen molar-refractivity contribution >= 4 is 17.8 Å². The van der Waals surface area contributed by atoms with E-state index in [9.17, 15) is 14.4 Å². The maximum atomic E-state index is 13.2. The molecule has 3 rings (SSSR count). The molecule has 0 aliphatic carbocycles. The number of carbonyl (C=O) groups excluding carboxylic acids is 3. The smallest absolute Gasteiger partial charge is 0.327 e. The van der Waals surface area contributed by atoms with Crippen LogP contribution >= 0.6 is 0 Å². The molecule has 0 radical (unpaired) electrons. The maximum absolute atomic E-state index is 13.2. The number of rotatable bonds is 5. The first-order valence-electron chi connectivity index (χ1n) is 10.3. The Morgan fingerprint density at radius 2 is 1.93 bits per heavy atom. The highest BCUT2D eigenvalue weighted by molar-refractivity contribution is 6.07. The van der Waals surface area contributed by atoms with Gasteiger partial charge in [0.05, 0.1) is 11.6 Å². The Labute approximate surface area is 171 Å². The van der Waals surface area contributed by atoms with Crippen molar-refractivity contribution in [3.8, 4) is 6.07 Å². The number of hydrogen-bond acceptors (Lipinski definition) is 4. The van der Waals surface area contributed by atoms with Crippen molar-refractivity contribution in [2.45, 2.75) is 45.6 Å². The summed E-state index contributed by atoms with van der Waals surface area (Å²) in [5, 5.41) is 9.06. The van der Waals surface area contributed by atoms with Crippen molar-refractivity contribution in [3.05, 3.63) is 35.4 Å². The molecule has 0 unspecified atom stereocenters. The summed E-state index contributed by atoms with van der Waals surface area (Å²) in [6.45, 7) is 7.80. The van der Waals surface area contributed by atoms with Gasteiger partial charge in [-0.15, -0.1) is 0 Å². The third kappa shape index (κ3) is 3.71. The third-order valence-electron chi connectivity index (χ3n) is 5.73. The van der Waals surface area contributed by atoms with Crippen LogP contribution in [0.25, 0.3) is 0 Å². The molecule has 1 aromatic carbocycles. The van der Waals surface area contributed by atoms with Crippen molar-refractivity contribution in [2.24, 2.45) is 5.92 Å². The van der Waals surface area contributed by atoms with Gasteiger partial charge in [0.15, 0.2) is 0 Å². The zero-order chi connectivity index (χ0) is 21.2. The fourth-order valence-corrected chi connectivity index (χ4v) is 4.29. The number of carbonyl (C=O) groups is 3. The zero-order valence-electron chi connectivity index (χ0n) is 17.4. The van der Waals surface area contributed by atoms with E-state index in [2.05, 4.69) is 6.07 Å². The van der Waals surface area contributed by atoms with E-state index in [0.29, 0.717) is 50.1 Å². The molecule has 2 heterocycles. The van der Waals surface area contributed by atoms with E-state index in [-0.39, 0.29) is 23.8 Å². The first-order chi connectivity index (χ1) is 13.8. The van der Waals surface area contributed by atoms with Crippen LogP contribution in [0.3, 0.4) is 0 Å². The molecular formula is C22H28N4O3. The molecular weight excluding hydrogens is 368 g/mol. The van der Waals surface area contributed by atoms with Crippen LogP contribution in [0.5, 0.6) is 0 Å². The van der Waals surface area contributed by atoms with Crippen LogP contribution in [0.1, 0.15) is 56.0 Å². The molecule has 0 bridgehead atoms. The SMILES string of the molecule is CCCN1C(=O)N(CC(C)C)C2(CCN(C(=O)c3cccc(C#N)c3)CC2)C1=O. The Hall–Kier alpha value is -2.88. The molecule has 4 amide bonds. The molecule has 7 heteroatoms. The van der Waals surface area contributed by atoms with Gasteiger partial charge >= 0.3 is 6.03 Å². The van der Waals surface area contributed by atoms with Crippen molar-refractivity contribution in [3.63, 3.8) is 0 Å². The summed E-state index contributed by atoms with van der Waals surface area (Å²) in [4.78, 5) is 43.9. The number of likely N-dealkylation sites (tertiary alicyclic amines) is 1. The monoisotopic (exact) mass is 396 g/mol. The van der Waals surface area contributed by atoms with Crippen molar-refractivity contribution in [1.82, 2.24) is 14.7 Å². The lowest BCUT2D eigenvalue weighted by Crippen LogP contribution is -2.58. The predicted octanol–water partition coefficient (Wildman–Crippen LogP) is 2.86. The van der Waals surface area contributed by atoms with Gasteiger partial charge in [-0.25, -0.2) is 4.79 Å². The fourth-order valence-electron chi connectivity index (χ4n) is 4.29. The van der Waals surface area contributed by atoms with Gasteiger partial charge in [0.25, 0.3) is 11.8 Å². The van der Waals surface area contributed by atoms with E-state index in [1.54, 1.807) is 34.1 Å². The first kappa shape index (κ1) is 20.8. The van der Waals surface area contributed by atoms with Gasteiger partial charge in [-0.05, 0) is 43.4 Å². The minimum absolute atomic E-state index is 0.122. The number of hydrogen-bond donors (Lipinski definition) is 0. The highest BCUT2D eigenvalue weighted by Crippen LogP contribution is 2.38. The molecule has 2 aliphatic rings. The van der Waals surface area contributed by atoms with Gasteiger partial charge in [0.1, 0.15) is 5.54 Å². The summed E-state index contributed by atoms with van der Waals surface area (Å²) in [6.07, 6.45) is 1.60. The molecule has 2 fully saturated rings. The highest BCUT2D eigenvalue weighted by Gasteiger charge is 2.57. The molecule has 0 saturated carbocycles. The summed E-state index contributed by atoms with van der Waals surface area (Å²) >= 11 is 0. The molecule has 7 nitrogen and oxygen atoms in total. The Morgan fingerprint density at radius 1 is 1.24 bits per heavy atom. The molecule has 29 heavy (non-hydrogen) atoms. The normalized spacial score (nSPS) is 18.7. The second kappa shape index (κ2) is 8.24. The molecule has 1 spiro atoms. The lowest BCUT2D eigenvalue weighted by atomic mass is 9.85. The van der Waals surface area contributed by atoms with Gasteiger partial charge in [-0.1, -0.05) is 26.8 Å². The Bertz CT molecular complexity index is 850. The number of nitrogens with zero attached hydrogens (tertiary/aromatic N) is 4. The summed E-state index contributed by atoms with van der Waals surface area (Å²) in [6, 6.07) is 8.50. The molecule has 2 saturated heterocycles. The summed E-state index contributed by atoms with van der Waals surface area (Å²) in [5.41, 5.74) is 0.0709. The van der Waals surface area contributed by atoms with Crippen LogP contribution in [0.15, 0.2) is 24.3 Å². The van der Waals surface area contributed by atoms with Crippen LogP contribution in [0.4, 0.5) is 4.79 Å². The number of amides is 4. The van der Waals surface area contributed by atoms with Crippen molar-refractivity contribution in [1.29, 1.82) is 5.26 Å². The van der Waals surface area contributed by atoms with Gasteiger partial charge in [-0.3, -0.25) is 14.5 Å². The van der Waals surface area contributed by atoms with E-state index >= 15 is 0 Å². The lowest BCUT2D eigenvalue weighted by molar-refractivity contribution is -0.135. The predicted molar refractivity (Wildman–Crippen MR) is 108 cm³/mol. The molecule has 154 valence electrons. The average molecular weight is 396 g/mol. The Morgan fingerprint density at radius 3 is 2.52 bits per heavy atom. The van der Waals surface area contributed by atoms with Gasteiger partial charge in [0.2, 0.25) is 0 Å². The minimum Gasteiger partial charge on any atom is -0.338 e. The number of benzene rings is 1. The quantitative estimate of drug-likeness (QED) is 0.717. The van der Waals surface area contributed by atoms with Crippen LogP contribution in [-0.2, 0) is 4.79 Å². The largest absolute Gasteiger partial charge is 0.338 e. The van der Waals surface area contributed by atoms with Gasteiger partial charge in [-0.2, -0.15) is 5.26 Å². The van der Waals surface area contributed by atoms with E-state index in [0.717, 1.165) is 6.42 Å². The lowest BCUT2D eigenvalue weighted by Gasteiger charge is -2.42. The zero-order valence-corrected chi connectivity index (χ0v) is 17.4. The summed E-state index contributed by atoms with van der Waals surface area (Å²) in [7, 11) is 0. The molecule has 0 atom stereocenters. The van der Waals surface area contributed by atoms with Crippen LogP contribution in [0, 0.1) is 17.2 Å². The van der Waals surface area contributed by atoms with Crippen LogP contribution in [-0.4, -0.2) is 64.3 Å². The van der Waals surface area contributed by atoms with Crippen molar-refractivity contribution < 1.29 is 14.4 Å². The van der Waals surface area contributed by atoms with E-state index in [1.165, 1.54) is 4.90 Å². The number of nitriles is 1. The number of imide groups is 1. The highest BCUT2D eigenvalue weighted by atomic mass is 16.2. The average Bonchev–Trinajstić information content (AvgIpc) is 2.90. The van der Waals surface area contributed by atoms with E-state index < -0.39 is 5.54 Å². The maximum Gasteiger partial charge on any atom is 0.327 e. The molecule has 2 aliphatic heterocycles. The fraction of sp³-hybridized carbons (Fsp3) is 0.545. The molecule has 0 aromatic heterocycles. The number of urea groups is 1. The number of piperidine rings is 1. The summed E-state index contributed by atoms with van der Waals surface area (Å²) < 4.78 is 0. The third-order valence-corrected chi connectivity index (χ3v) is 5.73. The van der Waals surface area contributed by atoms with Gasteiger partial charge < -0.3 is 9.80 Å². The molecule has 1 aromatic rings. The molecule has 0 N–H and O–H groups in total. The first-order valence-corrected chi connectivity index (χ1v) is 10.3. The van der Waals surface area contributed by atoms with Crippen LogP contribution < -0.4 is 0 Å². The van der Waals surface area contributed by atoms with E-state index in [1.807, 2.05) is 20.8 Å². The minimum atomic E-state index is -0.845. The topological polar surface area (TPSA) is 84.7 Å². The van der Waals surface area contributed by atoms with Crippen LogP contribution in [0.2, 0.25) is 0 Å². The Balaban J connectivity index is 1.80. The summed E-state index contributed by atoms with van der Waals surface area (Å²) in [5.74, 6) is -0.0169. The van der Waals surface area contributed by atoms with Gasteiger partial charge in [0, 0.05) is 31.7 Å². The second-order valence-electron chi connectivity index (χ2n) is 8.26. The van der Waals surface area contributed by atoms with Crippen molar-refractivity contribution in [2.75, 3.05) is 26.2 Å². The van der Waals surface area contributed by atoms with E-state index in [4.69, 9.17) is 5.26 Å². The Kier molecular flexibility index (Phi) is 5.92. The second-order valence-corrected chi connectivity index (χ2v) is 8.26.